The number of fused-ring (bicyclic) bond motifs is 1. The van der Waals surface area contributed by atoms with Crippen molar-refractivity contribution in [3.05, 3.63) is 60.0 Å². The zero-order valence-electron chi connectivity index (χ0n) is 17.7. The molecule has 0 aliphatic carbocycles. The molecule has 1 saturated heterocycles. The van der Waals surface area contributed by atoms with E-state index in [0.29, 0.717) is 0 Å². The first-order chi connectivity index (χ1) is 15.2. The van der Waals surface area contributed by atoms with Crippen LogP contribution in [0.4, 0.5) is 0 Å². The van der Waals surface area contributed by atoms with Gasteiger partial charge in [-0.1, -0.05) is 17.8 Å². The van der Waals surface area contributed by atoms with Crippen LogP contribution >= 0.6 is 11.8 Å². The van der Waals surface area contributed by atoms with E-state index >= 15 is 0 Å². The maximum Gasteiger partial charge on any atom is 0.191 e. The molecule has 1 aliphatic heterocycles. The van der Waals surface area contributed by atoms with Crippen LogP contribution in [0.15, 0.2) is 53.9 Å². The van der Waals surface area contributed by atoms with Crippen molar-refractivity contribution in [2.45, 2.75) is 43.3 Å². The number of hydrogen-bond acceptors (Lipinski definition) is 6. The highest BCUT2D eigenvalue weighted by Gasteiger charge is 2.22. The predicted octanol–water partition coefficient (Wildman–Crippen LogP) is 4.38. The third-order valence-corrected chi connectivity index (χ3v) is 6.55. The minimum absolute atomic E-state index is 0.199. The number of pyridine rings is 1. The Balaban J connectivity index is 1.42. The lowest BCUT2D eigenvalue weighted by Gasteiger charge is -2.14. The Morgan fingerprint density at radius 1 is 1.19 bits per heavy atom. The van der Waals surface area contributed by atoms with Gasteiger partial charge in [0.15, 0.2) is 11.0 Å². The van der Waals surface area contributed by atoms with Crippen LogP contribution in [-0.2, 0) is 17.0 Å². The molecule has 31 heavy (non-hydrogen) atoms. The summed E-state index contributed by atoms with van der Waals surface area (Å²) in [4.78, 5) is 4.79. The monoisotopic (exact) mass is 435 g/mol. The van der Waals surface area contributed by atoms with Gasteiger partial charge in [0.2, 0.25) is 0 Å². The van der Waals surface area contributed by atoms with E-state index < -0.39 is 0 Å². The molecular weight excluding hydrogens is 410 g/mol. The number of methoxy groups -OCH3 is 1. The highest BCUT2D eigenvalue weighted by Crippen LogP contribution is 2.29. The van der Waals surface area contributed by atoms with Gasteiger partial charge in [0.1, 0.15) is 11.4 Å². The number of rotatable bonds is 7. The van der Waals surface area contributed by atoms with Crippen LogP contribution in [0.5, 0.6) is 5.75 Å². The fourth-order valence-electron chi connectivity index (χ4n) is 3.92. The van der Waals surface area contributed by atoms with E-state index in [2.05, 4.69) is 38.4 Å². The van der Waals surface area contributed by atoms with Gasteiger partial charge in [0.25, 0.3) is 0 Å². The van der Waals surface area contributed by atoms with Gasteiger partial charge in [-0.05, 0) is 55.7 Å². The molecule has 0 spiro atoms. The summed E-state index contributed by atoms with van der Waals surface area (Å²) in [5.41, 5.74) is 4.21. The molecule has 3 aromatic heterocycles. The van der Waals surface area contributed by atoms with Gasteiger partial charge in [-0.25, -0.2) is 4.98 Å². The molecule has 0 radical (unpaired) electrons. The summed E-state index contributed by atoms with van der Waals surface area (Å²) >= 11 is 1.66. The van der Waals surface area contributed by atoms with Crippen molar-refractivity contribution in [2.75, 3.05) is 13.7 Å². The highest BCUT2D eigenvalue weighted by atomic mass is 32.2. The number of thioether (sulfide) groups is 1. The highest BCUT2D eigenvalue weighted by molar-refractivity contribution is 7.98. The number of nitrogens with zero attached hydrogens (tertiary/aromatic N) is 5. The Bertz CT molecular complexity index is 1180. The quantitative estimate of drug-likeness (QED) is 0.401. The van der Waals surface area contributed by atoms with Gasteiger partial charge < -0.3 is 13.9 Å². The summed E-state index contributed by atoms with van der Waals surface area (Å²) < 4.78 is 15.5. The Morgan fingerprint density at radius 3 is 2.81 bits per heavy atom. The van der Waals surface area contributed by atoms with Crippen LogP contribution in [-0.4, -0.2) is 44.0 Å². The molecule has 0 bridgehead atoms. The van der Waals surface area contributed by atoms with Crippen molar-refractivity contribution in [3.63, 3.8) is 0 Å². The maximum atomic E-state index is 5.90. The lowest BCUT2D eigenvalue weighted by molar-refractivity contribution is 0.0953. The zero-order valence-corrected chi connectivity index (χ0v) is 18.5. The molecule has 0 amide bonds. The van der Waals surface area contributed by atoms with Crippen LogP contribution in [0, 0.1) is 6.92 Å². The molecule has 1 unspecified atom stereocenters. The Kier molecular flexibility index (Phi) is 5.65. The fourth-order valence-corrected chi connectivity index (χ4v) is 4.75. The second kappa shape index (κ2) is 8.72. The van der Waals surface area contributed by atoms with Crippen LogP contribution < -0.4 is 4.74 Å². The summed E-state index contributed by atoms with van der Waals surface area (Å²) in [5.74, 6) is 2.41. The summed E-state index contributed by atoms with van der Waals surface area (Å²) in [7, 11) is 1.67. The molecule has 1 fully saturated rings. The summed E-state index contributed by atoms with van der Waals surface area (Å²) in [6.07, 6.45) is 6.49. The molecule has 5 rings (SSSR count). The summed E-state index contributed by atoms with van der Waals surface area (Å²) in [6.45, 7) is 3.66. The number of aromatic nitrogens is 5. The minimum atomic E-state index is 0.199. The first-order valence-corrected chi connectivity index (χ1v) is 11.4. The predicted molar refractivity (Wildman–Crippen MR) is 120 cm³/mol. The summed E-state index contributed by atoms with van der Waals surface area (Å²) in [6, 6.07) is 12.1. The molecule has 1 atom stereocenters. The lowest BCUT2D eigenvalue weighted by atomic mass is 10.2. The van der Waals surface area contributed by atoms with E-state index in [1.165, 1.54) is 5.56 Å². The number of imidazole rings is 1. The second-order valence-electron chi connectivity index (χ2n) is 7.72. The van der Waals surface area contributed by atoms with Gasteiger partial charge in [-0.3, -0.25) is 4.57 Å². The number of aryl methyl sites for hydroxylation is 1. The number of benzene rings is 1. The van der Waals surface area contributed by atoms with Gasteiger partial charge >= 0.3 is 0 Å². The first kappa shape index (κ1) is 20.1. The molecular formula is C23H25N5O2S. The third kappa shape index (κ3) is 4.18. The standard InChI is InChI=1S/C23H25N5O2S/c1-16-5-3-11-27-13-18(24-21(16)27)15-31-23-26-25-22(17-7-9-19(29-2)10-8-17)28(23)14-20-6-4-12-30-20/h3,5,7-11,13,20H,4,6,12,14-15H2,1-2H3. The molecule has 1 aromatic carbocycles. The van der Waals surface area contributed by atoms with Crippen LogP contribution in [0.1, 0.15) is 24.1 Å². The maximum absolute atomic E-state index is 5.90. The Morgan fingerprint density at radius 2 is 2.06 bits per heavy atom. The van der Waals surface area contributed by atoms with Crippen molar-refractivity contribution in [1.29, 1.82) is 0 Å². The van der Waals surface area contributed by atoms with E-state index in [9.17, 15) is 0 Å². The van der Waals surface area contributed by atoms with Gasteiger partial charge in [0.05, 0.1) is 25.5 Å². The minimum Gasteiger partial charge on any atom is -0.497 e. The van der Waals surface area contributed by atoms with E-state index in [4.69, 9.17) is 14.5 Å². The zero-order chi connectivity index (χ0) is 21.2. The van der Waals surface area contributed by atoms with Crippen molar-refractivity contribution >= 4 is 17.4 Å². The van der Waals surface area contributed by atoms with E-state index in [1.54, 1.807) is 18.9 Å². The lowest BCUT2D eigenvalue weighted by Crippen LogP contribution is -2.16. The largest absolute Gasteiger partial charge is 0.497 e. The topological polar surface area (TPSA) is 66.5 Å². The van der Waals surface area contributed by atoms with Crippen LogP contribution in [0.3, 0.4) is 0 Å². The molecule has 0 N–H and O–H groups in total. The Labute approximate surface area is 185 Å². The van der Waals surface area contributed by atoms with Gasteiger partial charge in [-0.15, -0.1) is 10.2 Å². The van der Waals surface area contributed by atoms with Crippen LogP contribution in [0.25, 0.3) is 17.0 Å². The average Bonchev–Trinajstić information content (AvgIpc) is 3.53. The van der Waals surface area contributed by atoms with Crippen molar-refractivity contribution < 1.29 is 9.47 Å². The first-order valence-electron chi connectivity index (χ1n) is 10.5. The van der Waals surface area contributed by atoms with Crippen LogP contribution in [0.2, 0.25) is 0 Å². The number of hydrogen-bond donors (Lipinski definition) is 0. The van der Waals surface area contributed by atoms with Gasteiger partial charge in [0, 0.05) is 30.3 Å². The SMILES string of the molecule is COc1ccc(-c2nnc(SCc3cn4cccc(C)c4n3)n2CC2CCCO2)cc1. The number of ether oxygens (including phenoxy) is 2. The molecule has 4 aromatic rings. The summed E-state index contributed by atoms with van der Waals surface area (Å²) in [5, 5.41) is 9.93. The normalized spacial score (nSPS) is 16.3. The molecule has 1 aliphatic rings. The van der Waals surface area contributed by atoms with Crippen molar-refractivity contribution in [3.8, 4) is 17.1 Å². The molecule has 160 valence electrons. The average molecular weight is 436 g/mol. The molecule has 4 heterocycles. The molecule has 0 saturated carbocycles. The van der Waals surface area contributed by atoms with E-state index in [0.717, 1.165) is 65.4 Å². The molecule has 8 heteroatoms. The van der Waals surface area contributed by atoms with Crippen molar-refractivity contribution in [1.82, 2.24) is 24.1 Å². The second-order valence-corrected chi connectivity index (χ2v) is 8.67. The molecule has 7 nitrogen and oxygen atoms in total. The van der Waals surface area contributed by atoms with Gasteiger partial charge in [-0.2, -0.15) is 0 Å². The fraction of sp³-hybridized carbons (Fsp3) is 0.348. The van der Waals surface area contributed by atoms with E-state index in [-0.39, 0.29) is 6.10 Å². The smallest absolute Gasteiger partial charge is 0.191 e. The Hall–Kier alpha value is -2.84. The third-order valence-electron chi connectivity index (χ3n) is 5.55. The van der Waals surface area contributed by atoms with Crippen molar-refractivity contribution in [2.24, 2.45) is 0 Å². The van der Waals surface area contributed by atoms with E-state index in [1.807, 2.05) is 36.5 Å².